The van der Waals surface area contributed by atoms with Crippen LogP contribution < -0.4 is 19.5 Å². The fourth-order valence-electron chi connectivity index (χ4n) is 1.92. The number of carbonyl (C=O) groups is 1. The molecule has 0 amide bonds. The van der Waals surface area contributed by atoms with Crippen molar-refractivity contribution in [1.82, 2.24) is 10.2 Å². The van der Waals surface area contributed by atoms with E-state index >= 15 is 0 Å². The van der Waals surface area contributed by atoms with Gasteiger partial charge in [-0.25, -0.2) is 0 Å². The van der Waals surface area contributed by atoms with Crippen molar-refractivity contribution in [3.05, 3.63) is 17.7 Å². The van der Waals surface area contributed by atoms with E-state index in [1.165, 1.54) is 13.8 Å². The van der Waals surface area contributed by atoms with Gasteiger partial charge in [-0.3, -0.25) is 0 Å². The van der Waals surface area contributed by atoms with Gasteiger partial charge in [-0.2, -0.15) is 0 Å². The second kappa shape index (κ2) is 16.3. The largest absolute Gasteiger partial charge is 0.493 e. The average molecular weight is 399 g/mol. The highest BCUT2D eigenvalue weighted by atomic mass is 35.5. The van der Waals surface area contributed by atoms with Gasteiger partial charge in [-0.15, -0.1) is 24.8 Å². The zero-order chi connectivity index (χ0) is 17.8. The van der Waals surface area contributed by atoms with Crippen LogP contribution >= 0.6 is 24.8 Å². The Morgan fingerprint density at radius 1 is 1.04 bits per heavy atom. The minimum absolute atomic E-state index is 0. The van der Waals surface area contributed by atoms with Crippen molar-refractivity contribution >= 4 is 30.6 Å². The lowest BCUT2D eigenvalue weighted by Gasteiger charge is -2.19. The third-order valence-electron chi connectivity index (χ3n) is 2.92. The maximum atomic E-state index is 9.44. The van der Waals surface area contributed by atoms with E-state index < -0.39 is 0 Å². The normalized spacial score (nSPS) is 9.12. The van der Waals surface area contributed by atoms with Crippen LogP contribution in [0.5, 0.6) is 17.2 Å². The molecular weight excluding hydrogens is 367 g/mol. The molecule has 0 unspecified atom stereocenters. The second-order valence-electron chi connectivity index (χ2n) is 5.28. The number of methoxy groups -OCH3 is 3. The summed E-state index contributed by atoms with van der Waals surface area (Å²) in [4.78, 5) is 11.7. The van der Waals surface area contributed by atoms with Gasteiger partial charge < -0.3 is 29.2 Å². The molecule has 0 fully saturated rings. The highest BCUT2D eigenvalue weighted by Crippen LogP contribution is 2.38. The zero-order valence-corrected chi connectivity index (χ0v) is 17.8. The van der Waals surface area contributed by atoms with Crippen molar-refractivity contribution < 1.29 is 19.0 Å². The molecule has 25 heavy (non-hydrogen) atoms. The Kier molecular flexibility index (Phi) is 18.6. The Balaban J connectivity index is -0.000000728. The molecule has 0 saturated carbocycles. The van der Waals surface area contributed by atoms with Gasteiger partial charge in [-0.05, 0) is 45.6 Å². The van der Waals surface area contributed by atoms with E-state index in [9.17, 15) is 4.79 Å². The number of ketones is 1. The predicted octanol–water partition coefficient (Wildman–Crippen LogP) is 2.80. The molecule has 0 spiro atoms. The summed E-state index contributed by atoms with van der Waals surface area (Å²) in [6.45, 7) is 5.83. The molecule has 0 saturated heterocycles. The number of carbonyl (C=O) groups excluding carboxylic acids is 1. The molecule has 0 aromatic heterocycles. The average Bonchev–Trinajstić information content (AvgIpc) is 2.51. The molecule has 0 aliphatic rings. The first-order chi connectivity index (χ1) is 10.9. The van der Waals surface area contributed by atoms with Gasteiger partial charge in [0.1, 0.15) is 5.78 Å². The van der Waals surface area contributed by atoms with Gasteiger partial charge in [0.05, 0.1) is 21.3 Å². The predicted molar refractivity (Wildman–Crippen MR) is 107 cm³/mol. The van der Waals surface area contributed by atoms with Crippen LogP contribution in [0.25, 0.3) is 0 Å². The molecule has 0 bridgehead atoms. The number of likely N-dealkylation sites (N-methyl/N-ethyl adjacent to an activating group) is 2. The first kappa shape index (κ1) is 28.6. The van der Waals surface area contributed by atoms with E-state index in [1.54, 1.807) is 21.3 Å². The van der Waals surface area contributed by atoms with Crippen molar-refractivity contribution in [3.63, 3.8) is 0 Å². The summed E-state index contributed by atoms with van der Waals surface area (Å²) in [6.07, 6.45) is 0. The fourth-order valence-corrected chi connectivity index (χ4v) is 1.92. The molecule has 0 heterocycles. The van der Waals surface area contributed by atoms with Crippen LogP contribution in [0.1, 0.15) is 19.4 Å². The van der Waals surface area contributed by atoms with E-state index in [-0.39, 0.29) is 30.6 Å². The number of halogens is 2. The molecule has 6 nitrogen and oxygen atoms in total. The van der Waals surface area contributed by atoms with Gasteiger partial charge in [0.25, 0.3) is 0 Å². The van der Waals surface area contributed by atoms with E-state index in [2.05, 4.69) is 17.3 Å². The standard InChI is InChI=1S/C14H24N2O3.C3H6O.2ClH/c1-15-6-7-16(2)10-11-8-12(17-3)14(19-5)13(9-11)18-4;1-3(2)4;;/h8-9,15H,6-7,10H2,1-5H3;1-2H3;2*1H. The summed E-state index contributed by atoms with van der Waals surface area (Å²) >= 11 is 0. The molecule has 8 heteroatoms. The maximum Gasteiger partial charge on any atom is 0.203 e. The molecule has 1 N–H and O–H groups in total. The third-order valence-corrected chi connectivity index (χ3v) is 2.92. The van der Waals surface area contributed by atoms with Crippen molar-refractivity contribution in [2.45, 2.75) is 20.4 Å². The van der Waals surface area contributed by atoms with Crippen LogP contribution in [-0.2, 0) is 11.3 Å². The number of nitrogens with zero attached hydrogens (tertiary/aromatic N) is 1. The van der Waals surface area contributed by atoms with Gasteiger partial charge in [0, 0.05) is 19.6 Å². The third kappa shape index (κ3) is 11.9. The monoisotopic (exact) mass is 398 g/mol. The lowest BCUT2D eigenvalue weighted by Crippen LogP contribution is -2.26. The van der Waals surface area contributed by atoms with Crippen molar-refractivity contribution in [3.8, 4) is 17.2 Å². The highest BCUT2D eigenvalue weighted by molar-refractivity contribution is 5.85. The second-order valence-corrected chi connectivity index (χ2v) is 5.28. The number of nitrogens with one attached hydrogen (secondary N) is 1. The molecule has 0 atom stereocenters. The highest BCUT2D eigenvalue weighted by Gasteiger charge is 2.13. The number of benzene rings is 1. The Morgan fingerprint density at radius 3 is 1.80 bits per heavy atom. The van der Waals surface area contributed by atoms with E-state index in [0.717, 1.165) is 25.2 Å². The summed E-state index contributed by atoms with van der Waals surface area (Å²) in [5.74, 6) is 2.18. The lowest BCUT2D eigenvalue weighted by molar-refractivity contribution is -0.114. The number of ether oxygens (including phenoxy) is 3. The first-order valence-electron chi connectivity index (χ1n) is 7.48. The molecule has 0 aliphatic heterocycles. The number of hydrogen-bond acceptors (Lipinski definition) is 6. The Labute approximate surface area is 164 Å². The van der Waals surface area contributed by atoms with Crippen molar-refractivity contribution in [1.29, 1.82) is 0 Å². The van der Waals surface area contributed by atoms with Crippen molar-refractivity contribution in [2.75, 3.05) is 48.5 Å². The summed E-state index contributed by atoms with van der Waals surface area (Å²) in [7, 11) is 8.91. The van der Waals surface area contributed by atoms with Crippen LogP contribution in [0.2, 0.25) is 0 Å². The Morgan fingerprint density at radius 2 is 1.48 bits per heavy atom. The van der Waals surface area contributed by atoms with Gasteiger partial charge in [0.15, 0.2) is 11.5 Å². The minimum Gasteiger partial charge on any atom is -0.493 e. The number of hydrogen-bond donors (Lipinski definition) is 1. The topological polar surface area (TPSA) is 60.0 Å². The first-order valence-corrected chi connectivity index (χ1v) is 7.48. The maximum absolute atomic E-state index is 9.44. The van der Waals surface area contributed by atoms with E-state index in [4.69, 9.17) is 14.2 Å². The van der Waals surface area contributed by atoms with Crippen LogP contribution in [0.4, 0.5) is 0 Å². The quantitative estimate of drug-likeness (QED) is 0.726. The summed E-state index contributed by atoms with van der Waals surface area (Å²) in [5, 5.41) is 3.14. The summed E-state index contributed by atoms with van der Waals surface area (Å²) in [6, 6.07) is 3.97. The number of Topliss-reactive ketones (excluding diaryl/α,β-unsaturated/α-hetero) is 1. The molecule has 0 aliphatic carbocycles. The van der Waals surface area contributed by atoms with Gasteiger partial charge in [-0.1, -0.05) is 0 Å². The summed E-state index contributed by atoms with van der Waals surface area (Å²) in [5.41, 5.74) is 1.13. The van der Waals surface area contributed by atoms with Gasteiger partial charge >= 0.3 is 0 Å². The molecule has 1 aromatic carbocycles. The SMILES string of the molecule is CC(C)=O.CNCCN(C)Cc1cc(OC)c(OC)c(OC)c1.Cl.Cl. The molecular formula is C17H32Cl2N2O4. The fraction of sp³-hybridized carbons (Fsp3) is 0.588. The van der Waals surface area contributed by atoms with Crippen molar-refractivity contribution in [2.24, 2.45) is 0 Å². The van der Waals surface area contributed by atoms with Crippen LogP contribution in [-0.4, -0.2) is 59.2 Å². The molecule has 0 radical (unpaired) electrons. The van der Waals surface area contributed by atoms with Crippen LogP contribution in [0, 0.1) is 0 Å². The molecule has 148 valence electrons. The van der Waals surface area contributed by atoms with Gasteiger partial charge in [0.2, 0.25) is 5.75 Å². The van der Waals surface area contributed by atoms with E-state index in [1.807, 2.05) is 19.2 Å². The molecule has 1 aromatic rings. The summed E-state index contributed by atoms with van der Waals surface area (Å²) < 4.78 is 16.0. The smallest absolute Gasteiger partial charge is 0.203 e. The number of rotatable bonds is 8. The van der Waals surface area contributed by atoms with E-state index in [0.29, 0.717) is 17.2 Å². The lowest BCUT2D eigenvalue weighted by atomic mass is 10.1. The Bertz CT molecular complexity index is 459. The zero-order valence-electron chi connectivity index (χ0n) is 16.2. The molecule has 1 rings (SSSR count). The minimum atomic E-state index is 0. The van der Waals surface area contributed by atoms with Crippen LogP contribution in [0.15, 0.2) is 12.1 Å². The van der Waals surface area contributed by atoms with Crippen LogP contribution in [0.3, 0.4) is 0 Å². The Hall–Kier alpha value is -1.21.